The lowest BCUT2D eigenvalue weighted by Crippen LogP contribution is -2.25. The van der Waals surface area contributed by atoms with E-state index in [4.69, 9.17) is 33.2 Å². The average molecular weight is 924 g/mol. The molecule has 0 N–H and O–H groups in total. The van der Waals surface area contributed by atoms with Crippen molar-refractivity contribution in [3.8, 4) is 0 Å². The normalized spacial score (nSPS) is 13.2. The molecule has 0 fully saturated rings. The smallest absolute Gasteiger partial charge is 0.180 e. The van der Waals surface area contributed by atoms with Gasteiger partial charge in [-0.25, -0.2) is 0 Å². The van der Waals surface area contributed by atoms with E-state index in [-0.39, 0.29) is 12.6 Å². The SMILES string of the molecule is CCCCCCCCCOC(C=CCCCCC(OCCCCCC)OCCCCCC)OC(C=CCCCCC(OCCCCCC)OCCCCCC)OCCCCCCCCC. The van der Waals surface area contributed by atoms with Crippen molar-refractivity contribution in [2.45, 2.75) is 311 Å². The molecular formula is C58H114O7. The largest absolute Gasteiger partial charge is 0.353 e. The molecule has 7 nitrogen and oxygen atoms in total. The number of hydrogen-bond donors (Lipinski definition) is 0. The fourth-order valence-electron chi connectivity index (χ4n) is 7.89. The molecule has 0 radical (unpaired) electrons. The molecule has 0 aliphatic carbocycles. The summed E-state index contributed by atoms with van der Waals surface area (Å²) in [5.74, 6) is 0. The molecule has 0 saturated heterocycles. The summed E-state index contributed by atoms with van der Waals surface area (Å²) in [6.45, 7) is 18.2. The van der Waals surface area contributed by atoms with Crippen molar-refractivity contribution < 1.29 is 33.2 Å². The topological polar surface area (TPSA) is 64.6 Å². The van der Waals surface area contributed by atoms with Crippen molar-refractivity contribution in [1.82, 2.24) is 0 Å². The maximum absolute atomic E-state index is 6.65. The monoisotopic (exact) mass is 923 g/mol. The molecule has 2 unspecified atom stereocenters. The lowest BCUT2D eigenvalue weighted by Gasteiger charge is -2.22. The van der Waals surface area contributed by atoms with E-state index in [0.717, 1.165) is 116 Å². The fraction of sp³-hybridized carbons (Fsp3) is 0.931. The molecule has 0 amide bonds. The highest BCUT2D eigenvalue weighted by atomic mass is 16.8. The van der Waals surface area contributed by atoms with Gasteiger partial charge in [0.15, 0.2) is 25.2 Å². The quantitative estimate of drug-likeness (QED) is 0.0342. The van der Waals surface area contributed by atoms with Gasteiger partial charge in [-0.05, 0) is 102 Å². The molecule has 0 saturated carbocycles. The van der Waals surface area contributed by atoms with E-state index in [0.29, 0.717) is 13.2 Å². The first-order valence-corrected chi connectivity index (χ1v) is 28.8. The standard InChI is InChI=1S/C58H114O7/c1-7-13-19-25-27-33-43-53-63-57(47-37-31-29-35-45-55(59-49-39-21-15-9-3)60-50-40-22-16-10-4)65-58(64-54-44-34-28-26-20-14-8-2)48-38-32-30-36-46-56(61-51-41-23-17-11-5)62-52-42-24-18-12-6/h37-38,47-48,55-58H,7-36,39-46,49-54H2,1-6H3. The van der Waals surface area contributed by atoms with Crippen molar-refractivity contribution in [2.24, 2.45) is 0 Å². The van der Waals surface area contributed by atoms with Crippen LogP contribution in [0.4, 0.5) is 0 Å². The summed E-state index contributed by atoms with van der Waals surface area (Å²) in [6.07, 6.45) is 53.1. The van der Waals surface area contributed by atoms with Crippen LogP contribution in [0.2, 0.25) is 0 Å². The van der Waals surface area contributed by atoms with Gasteiger partial charge < -0.3 is 33.2 Å². The van der Waals surface area contributed by atoms with Crippen LogP contribution in [0.25, 0.3) is 0 Å². The summed E-state index contributed by atoms with van der Waals surface area (Å²) < 4.78 is 44.6. The van der Waals surface area contributed by atoms with Gasteiger partial charge in [0.05, 0.1) is 13.2 Å². The van der Waals surface area contributed by atoms with Crippen LogP contribution in [0.1, 0.15) is 286 Å². The molecular weight excluding hydrogens is 809 g/mol. The van der Waals surface area contributed by atoms with Gasteiger partial charge in [-0.15, -0.1) is 0 Å². The van der Waals surface area contributed by atoms with Crippen LogP contribution in [0.3, 0.4) is 0 Å². The summed E-state index contributed by atoms with van der Waals surface area (Å²) in [6, 6.07) is 0. The van der Waals surface area contributed by atoms with Crippen LogP contribution in [0.15, 0.2) is 24.3 Å². The van der Waals surface area contributed by atoms with Gasteiger partial charge in [-0.2, -0.15) is 0 Å². The number of hydrogen-bond acceptors (Lipinski definition) is 7. The van der Waals surface area contributed by atoms with E-state index in [9.17, 15) is 0 Å². The second kappa shape index (κ2) is 55.8. The Morgan fingerprint density at radius 2 is 0.508 bits per heavy atom. The minimum absolute atomic E-state index is 0.0895. The predicted molar refractivity (Wildman–Crippen MR) is 280 cm³/mol. The van der Waals surface area contributed by atoms with Crippen LogP contribution in [-0.2, 0) is 33.2 Å². The van der Waals surface area contributed by atoms with Crippen molar-refractivity contribution in [2.75, 3.05) is 39.6 Å². The molecule has 0 bridgehead atoms. The second-order valence-electron chi connectivity index (χ2n) is 18.9. The zero-order valence-corrected chi connectivity index (χ0v) is 44.6. The van der Waals surface area contributed by atoms with Gasteiger partial charge in [-0.3, -0.25) is 0 Å². The lowest BCUT2D eigenvalue weighted by molar-refractivity contribution is -0.208. The van der Waals surface area contributed by atoms with Crippen molar-refractivity contribution in [1.29, 1.82) is 0 Å². The van der Waals surface area contributed by atoms with E-state index in [1.807, 2.05) is 0 Å². The first-order chi connectivity index (χ1) is 32.1. The molecule has 7 heteroatoms. The molecule has 0 heterocycles. The highest BCUT2D eigenvalue weighted by molar-refractivity contribution is 4.90. The summed E-state index contributed by atoms with van der Waals surface area (Å²) in [7, 11) is 0. The highest BCUT2D eigenvalue weighted by Crippen LogP contribution is 2.17. The van der Waals surface area contributed by atoms with Crippen molar-refractivity contribution in [3.05, 3.63) is 24.3 Å². The van der Waals surface area contributed by atoms with Crippen LogP contribution in [-0.4, -0.2) is 64.8 Å². The molecule has 65 heavy (non-hydrogen) atoms. The van der Waals surface area contributed by atoms with Crippen LogP contribution >= 0.6 is 0 Å². The fourth-order valence-corrected chi connectivity index (χ4v) is 7.89. The van der Waals surface area contributed by atoms with E-state index >= 15 is 0 Å². The maximum atomic E-state index is 6.65. The first kappa shape index (κ1) is 64.2. The summed E-state index contributed by atoms with van der Waals surface area (Å²) in [5.41, 5.74) is 0. The van der Waals surface area contributed by atoms with Gasteiger partial charge in [0, 0.05) is 26.4 Å². The second-order valence-corrected chi connectivity index (χ2v) is 18.9. The Labute approximate surface area is 406 Å². The Morgan fingerprint density at radius 3 is 0.800 bits per heavy atom. The Kier molecular flexibility index (Phi) is 55.1. The zero-order chi connectivity index (χ0) is 47.2. The molecule has 2 atom stereocenters. The summed E-state index contributed by atoms with van der Waals surface area (Å²) >= 11 is 0. The molecule has 0 aromatic rings. The highest BCUT2D eigenvalue weighted by Gasteiger charge is 2.15. The first-order valence-electron chi connectivity index (χ1n) is 28.8. The predicted octanol–water partition coefficient (Wildman–Crippen LogP) is 18.5. The number of ether oxygens (including phenoxy) is 7. The Bertz CT molecular complexity index is 828. The molecule has 0 aliphatic rings. The van der Waals surface area contributed by atoms with Crippen LogP contribution < -0.4 is 0 Å². The lowest BCUT2D eigenvalue weighted by atomic mass is 10.1. The minimum Gasteiger partial charge on any atom is -0.353 e. The van der Waals surface area contributed by atoms with E-state index in [1.165, 1.54) is 154 Å². The van der Waals surface area contributed by atoms with E-state index in [2.05, 4.69) is 65.8 Å². The van der Waals surface area contributed by atoms with E-state index in [1.54, 1.807) is 0 Å². The Balaban J connectivity index is 5.50. The maximum Gasteiger partial charge on any atom is 0.180 e. The van der Waals surface area contributed by atoms with Gasteiger partial charge >= 0.3 is 0 Å². The Hall–Kier alpha value is -0.800. The third-order valence-electron chi connectivity index (χ3n) is 12.2. The van der Waals surface area contributed by atoms with Gasteiger partial charge in [-0.1, -0.05) is 208 Å². The number of allylic oxidation sites excluding steroid dienone is 2. The number of unbranched alkanes of at least 4 members (excludes halogenated alkanes) is 28. The molecule has 0 aliphatic heterocycles. The van der Waals surface area contributed by atoms with Crippen LogP contribution in [0, 0.1) is 0 Å². The van der Waals surface area contributed by atoms with Crippen molar-refractivity contribution >= 4 is 0 Å². The minimum atomic E-state index is -0.436. The molecule has 0 aromatic heterocycles. The molecule has 0 rings (SSSR count). The average Bonchev–Trinajstić information content (AvgIpc) is 3.31. The van der Waals surface area contributed by atoms with Gasteiger partial charge in [0.2, 0.25) is 0 Å². The third-order valence-corrected chi connectivity index (χ3v) is 12.2. The zero-order valence-electron chi connectivity index (χ0n) is 44.6. The summed E-state index contributed by atoms with van der Waals surface area (Å²) in [4.78, 5) is 0. The summed E-state index contributed by atoms with van der Waals surface area (Å²) in [5, 5.41) is 0. The van der Waals surface area contributed by atoms with Crippen LogP contribution in [0.5, 0.6) is 0 Å². The Morgan fingerprint density at radius 1 is 0.262 bits per heavy atom. The van der Waals surface area contributed by atoms with E-state index < -0.39 is 12.6 Å². The third kappa shape index (κ3) is 49.4. The molecule has 0 aromatic carbocycles. The molecule has 0 spiro atoms. The molecule has 388 valence electrons. The number of rotatable bonds is 56. The van der Waals surface area contributed by atoms with Crippen molar-refractivity contribution in [3.63, 3.8) is 0 Å². The van der Waals surface area contributed by atoms with Gasteiger partial charge in [0.1, 0.15) is 0 Å². The van der Waals surface area contributed by atoms with Gasteiger partial charge in [0.25, 0.3) is 0 Å².